The molecule has 4 aliphatic heterocycles. The number of carbonyl (C=O) groups is 3. The maximum Gasteiger partial charge on any atom is 0.352 e. The quantitative estimate of drug-likeness (QED) is 0.178. The van der Waals surface area contributed by atoms with Crippen LogP contribution in [0.1, 0.15) is 5.82 Å². The molecule has 39 heavy (non-hydrogen) atoms. The summed E-state index contributed by atoms with van der Waals surface area (Å²) in [7, 11) is 1.26. The van der Waals surface area contributed by atoms with Crippen molar-refractivity contribution < 1.29 is 24.3 Å². The summed E-state index contributed by atoms with van der Waals surface area (Å²) >= 11 is 3.83. The number of thioether (sulfide) groups is 2. The number of anilines is 1. The van der Waals surface area contributed by atoms with Crippen LogP contribution in [0.4, 0.5) is 5.13 Å². The van der Waals surface area contributed by atoms with Gasteiger partial charge < -0.3 is 25.9 Å². The number of carboxylic acids is 1. The number of fused-ring (bicyclic) bond motifs is 2. The number of oxime groups is 1. The van der Waals surface area contributed by atoms with E-state index in [1.54, 1.807) is 11.8 Å². The first-order valence-corrected chi connectivity index (χ1v) is 13.8. The van der Waals surface area contributed by atoms with Crippen LogP contribution in [-0.2, 0) is 19.2 Å². The number of aromatic nitrogens is 2. The molecule has 5 heterocycles. The summed E-state index contributed by atoms with van der Waals surface area (Å²) in [5, 5.41) is 18.6. The standard InChI is InChI=1S/C20H21N9O5S3.2ClH/c1-34-25-12(15-23-20(21)37-26-15)16(30)22-13-17(31)29-14(19(32)33)9(8-36-18(13)29)7-27-5-6-28-11(27)4-3-10(24-28)35-2;;/h3-6,13,18,24H,7-8H2,1-2H3,(H,22,30)(H,32,33)(H2,21,23,26);2*1H/b25-12-;;/t13-,18+;;/m1../s1. The van der Waals surface area contributed by atoms with Crippen LogP contribution < -0.4 is 16.5 Å². The first-order valence-electron chi connectivity index (χ1n) is 10.7. The average molecular weight is 637 g/mol. The van der Waals surface area contributed by atoms with Crippen molar-refractivity contribution in [1.29, 1.82) is 0 Å². The second-order valence-electron chi connectivity index (χ2n) is 7.86. The van der Waals surface area contributed by atoms with Gasteiger partial charge in [-0.25, -0.2) is 9.80 Å². The Balaban J connectivity index is 0.00000210. The van der Waals surface area contributed by atoms with Gasteiger partial charge in [-0.1, -0.05) is 5.16 Å². The Morgan fingerprint density at radius 3 is 2.77 bits per heavy atom. The van der Waals surface area contributed by atoms with Crippen molar-refractivity contribution in [3.63, 3.8) is 0 Å². The summed E-state index contributed by atoms with van der Waals surface area (Å²) in [6.45, 7) is 0.284. The molecule has 0 saturated carbocycles. The van der Waals surface area contributed by atoms with E-state index in [-0.39, 0.29) is 53.7 Å². The Bertz CT molecular complexity index is 1330. The average Bonchev–Trinajstić information content (AvgIpc) is 3.50. The molecule has 0 bridgehead atoms. The third-order valence-corrected chi connectivity index (χ3v) is 8.27. The van der Waals surface area contributed by atoms with Crippen molar-refractivity contribution in [1.82, 2.24) is 34.9 Å². The number of rotatable bonds is 8. The van der Waals surface area contributed by atoms with Crippen LogP contribution in [0, 0.1) is 0 Å². The second-order valence-corrected chi connectivity index (χ2v) is 10.6. The minimum absolute atomic E-state index is 0. The highest BCUT2D eigenvalue weighted by Gasteiger charge is 2.54. The maximum atomic E-state index is 13.1. The fraction of sp³-hybridized carbons (Fsp3) is 0.300. The normalized spacial score (nSPS) is 21.4. The molecule has 0 spiro atoms. The van der Waals surface area contributed by atoms with Gasteiger partial charge in [0.05, 0.1) is 5.03 Å². The number of hydrogen-bond acceptors (Lipinski definition) is 14. The van der Waals surface area contributed by atoms with Crippen molar-refractivity contribution >= 4 is 88.5 Å². The molecule has 0 radical (unpaired) electrons. The predicted molar refractivity (Wildman–Crippen MR) is 153 cm³/mol. The van der Waals surface area contributed by atoms with Gasteiger partial charge in [0.15, 0.2) is 5.13 Å². The van der Waals surface area contributed by atoms with E-state index < -0.39 is 29.2 Å². The van der Waals surface area contributed by atoms with Crippen molar-refractivity contribution in [3.05, 3.63) is 52.5 Å². The zero-order valence-electron chi connectivity index (χ0n) is 20.3. The second kappa shape index (κ2) is 12.4. The van der Waals surface area contributed by atoms with Crippen molar-refractivity contribution in [2.24, 2.45) is 5.16 Å². The Morgan fingerprint density at radius 2 is 2.13 bits per heavy atom. The van der Waals surface area contributed by atoms with Gasteiger partial charge in [-0.15, -0.1) is 48.3 Å². The number of nitrogen functional groups attached to an aromatic ring is 1. The number of carbonyl (C=O) groups excluding carboxylic acids is 2. The number of β-lactam (4-membered cyclic amide) rings is 1. The molecular formula is C20H23Cl2N9O5S3. The summed E-state index contributed by atoms with van der Waals surface area (Å²) in [6, 6.07) is -0.950. The number of nitrogens with one attached hydrogen (secondary N) is 2. The molecule has 210 valence electrons. The van der Waals surface area contributed by atoms with Gasteiger partial charge in [-0.05, 0) is 24.0 Å². The number of amides is 2. The Labute approximate surface area is 247 Å². The van der Waals surface area contributed by atoms with Gasteiger partial charge in [0.25, 0.3) is 11.8 Å². The summed E-state index contributed by atoms with van der Waals surface area (Å²) in [5.41, 5.74) is 9.11. The molecule has 5 rings (SSSR count). The van der Waals surface area contributed by atoms with Crippen LogP contribution in [0.3, 0.4) is 0 Å². The van der Waals surface area contributed by atoms with E-state index >= 15 is 0 Å². The number of nitrogens with zero attached hydrogens (tertiary/aromatic N) is 6. The van der Waals surface area contributed by atoms with Crippen LogP contribution in [-0.4, -0.2) is 89.8 Å². The highest BCUT2D eigenvalue weighted by Crippen LogP contribution is 2.41. The molecule has 1 aromatic heterocycles. The highest BCUT2D eigenvalue weighted by molar-refractivity contribution is 8.02. The van der Waals surface area contributed by atoms with Crippen LogP contribution >= 0.6 is 59.9 Å². The van der Waals surface area contributed by atoms with Gasteiger partial charge in [0, 0.05) is 36.2 Å². The summed E-state index contributed by atoms with van der Waals surface area (Å²) in [6.07, 6.45) is 9.53. The molecular weight excluding hydrogens is 613 g/mol. The van der Waals surface area contributed by atoms with Gasteiger partial charge in [0.1, 0.15) is 30.0 Å². The van der Waals surface area contributed by atoms with E-state index in [9.17, 15) is 19.5 Å². The number of hydrazine groups is 1. The molecule has 14 nitrogen and oxygen atoms in total. The summed E-state index contributed by atoms with van der Waals surface area (Å²) < 4.78 is 3.96. The van der Waals surface area contributed by atoms with E-state index in [0.29, 0.717) is 11.3 Å². The monoisotopic (exact) mass is 635 g/mol. The molecule has 1 fully saturated rings. The van der Waals surface area contributed by atoms with E-state index in [1.807, 2.05) is 40.7 Å². The lowest BCUT2D eigenvalue weighted by Crippen LogP contribution is -2.71. The van der Waals surface area contributed by atoms with Crippen LogP contribution in [0.25, 0.3) is 0 Å². The fourth-order valence-electron chi connectivity index (χ4n) is 4.09. The zero-order chi connectivity index (χ0) is 26.3. The van der Waals surface area contributed by atoms with E-state index in [2.05, 4.69) is 25.3 Å². The number of carboxylic acid groups (broad SMARTS) is 1. The lowest BCUT2D eigenvalue weighted by Gasteiger charge is -2.49. The molecule has 0 unspecified atom stereocenters. The molecule has 0 aromatic carbocycles. The molecule has 1 saturated heterocycles. The van der Waals surface area contributed by atoms with Gasteiger partial charge in [-0.3, -0.25) is 19.9 Å². The van der Waals surface area contributed by atoms with Gasteiger partial charge in [-0.2, -0.15) is 9.36 Å². The maximum absolute atomic E-state index is 13.1. The van der Waals surface area contributed by atoms with E-state index in [1.165, 1.54) is 23.8 Å². The van der Waals surface area contributed by atoms with Crippen molar-refractivity contribution in [2.75, 3.05) is 31.4 Å². The molecule has 1 aromatic rings. The number of halogens is 2. The minimum atomic E-state index is -1.21. The molecule has 2 amide bonds. The van der Waals surface area contributed by atoms with Gasteiger partial charge >= 0.3 is 5.97 Å². The smallest absolute Gasteiger partial charge is 0.352 e. The number of nitrogens with two attached hydrogens (primary N) is 1. The molecule has 19 heteroatoms. The first-order chi connectivity index (χ1) is 17.8. The number of aliphatic carboxylic acids is 1. The Kier molecular flexibility index (Phi) is 9.65. The Hall–Kier alpha value is -3.12. The van der Waals surface area contributed by atoms with Crippen LogP contribution in [0.15, 0.2) is 51.8 Å². The first kappa shape index (κ1) is 30.4. The lowest BCUT2D eigenvalue weighted by molar-refractivity contribution is -0.150. The third-order valence-electron chi connectivity index (χ3n) is 5.72. The third kappa shape index (κ3) is 5.62. The lowest BCUT2D eigenvalue weighted by atomic mass is 10.0. The van der Waals surface area contributed by atoms with Crippen LogP contribution in [0.2, 0.25) is 0 Å². The fourth-order valence-corrected chi connectivity index (χ4v) is 6.25. The van der Waals surface area contributed by atoms with Gasteiger partial charge in [0.2, 0.25) is 11.5 Å². The van der Waals surface area contributed by atoms with E-state index in [0.717, 1.165) is 22.4 Å². The van der Waals surface area contributed by atoms with Crippen molar-refractivity contribution in [2.45, 2.75) is 11.4 Å². The molecule has 4 aliphatic rings. The predicted octanol–water partition coefficient (Wildman–Crippen LogP) is 0.706. The van der Waals surface area contributed by atoms with Crippen molar-refractivity contribution in [3.8, 4) is 0 Å². The molecule has 5 N–H and O–H groups in total. The minimum Gasteiger partial charge on any atom is -0.477 e. The van der Waals surface area contributed by atoms with E-state index in [4.69, 9.17) is 10.6 Å². The summed E-state index contributed by atoms with van der Waals surface area (Å²) in [5.74, 6) is -1.31. The highest BCUT2D eigenvalue weighted by atomic mass is 35.5. The number of hydrogen-bond donors (Lipinski definition) is 4. The Morgan fingerprint density at radius 1 is 1.36 bits per heavy atom. The topological polar surface area (TPSA) is 179 Å². The molecule has 0 aliphatic carbocycles. The SMILES string of the molecule is CO/N=C(\C(=O)N[C@@H]1C(=O)N2C(C(=O)O)=C(CN3C=CN4NC(SC)=CC=C34)CS[C@@H]12)c1nsc(N)n1.Cl.Cl. The zero-order valence-corrected chi connectivity index (χ0v) is 24.3. The molecule has 2 atom stereocenters. The summed E-state index contributed by atoms with van der Waals surface area (Å²) in [4.78, 5) is 50.0. The number of allylic oxidation sites excluding steroid dienone is 2. The van der Waals surface area contributed by atoms with Crippen LogP contribution in [0.5, 0.6) is 0 Å². The largest absolute Gasteiger partial charge is 0.477 e.